The minimum Gasteiger partial charge on any atom is -0.354 e. The second-order valence-corrected chi connectivity index (χ2v) is 4.62. The molecule has 5 heteroatoms. The van der Waals surface area contributed by atoms with Gasteiger partial charge in [-0.05, 0) is 35.8 Å². The van der Waals surface area contributed by atoms with E-state index in [9.17, 15) is 0 Å². The van der Waals surface area contributed by atoms with Crippen molar-refractivity contribution < 1.29 is 0 Å². The van der Waals surface area contributed by atoms with Crippen molar-refractivity contribution in [3.8, 4) is 0 Å². The predicted molar refractivity (Wildman–Crippen MR) is 64.0 cm³/mol. The van der Waals surface area contributed by atoms with Crippen LogP contribution in [-0.2, 0) is 0 Å². The van der Waals surface area contributed by atoms with Crippen LogP contribution < -0.4 is 10.2 Å². The number of hydrogen-bond donors (Lipinski definition) is 1. The molecule has 0 spiro atoms. The van der Waals surface area contributed by atoms with Gasteiger partial charge in [-0.15, -0.1) is 0 Å². The number of anilines is 1. The molecule has 1 aromatic heterocycles. The zero-order chi connectivity index (χ0) is 10.7. The lowest BCUT2D eigenvalue weighted by atomic mass is 10.1. The van der Waals surface area contributed by atoms with Crippen molar-refractivity contribution >= 4 is 21.7 Å². The molecule has 0 radical (unpaired) electrons. The summed E-state index contributed by atoms with van der Waals surface area (Å²) >= 11 is 3.49. The van der Waals surface area contributed by atoms with E-state index in [1.54, 1.807) is 12.5 Å². The molecule has 1 atom stereocenters. The summed E-state index contributed by atoms with van der Waals surface area (Å²) in [7, 11) is 2.02. The molecule has 2 rings (SSSR count). The van der Waals surface area contributed by atoms with Crippen molar-refractivity contribution in [3.05, 3.63) is 17.0 Å². The molecule has 0 amide bonds. The minimum atomic E-state index is 0.570. The minimum absolute atomic E-state index is 0.570. The Morgan fingerprint density at radius 2 is 2.47 bits per heavy atom. The van der Waals surface area contributed by atoms with Crippen LogP contribution in [0.1, 0.15) is 12.8 Å². The van der Waals surface area contributed by atoms with Gasteiger partial charge in [-0.1, -0.05) is 0 Å². The molecule has 4 nitrogen and oxygen atoms in total. The van der Waals surface area contributed by atoms with Crippen molar-refractivity contribution in [1.29, 1.82) is 0 Å². The summed E-state index contributed by atoms with van der Waals surface area (Å²) < 4.78 is 0.974. The highest BCUT2D eigenvalue weighted by atomic mass is 79.9. The Hall–Kier alpha value is -0.680. The van der Waals surface area contributed by atoms with Gasteiger partial charge in [0.2, 0.25) is 0 Å². The number of aromatic nitrogens is 2. The van der Waals surface area contributed by atoms with Crippen molar-refractivity contribution in [1.82, 2.24) is 15.3 Å². The second kappa shape index (κ2) is 4.90. The summed E-state index contributed by atoms with van der Waals surface area (Å²) in [4.78, 5) is 10.6. The van der Waals surface area contributed by atoms with Crippen LogP contribution in [0.15, 0.2) is 17.0 Å². The number of nitrogens with one attached hydrogen (secondary N) is 1. The molecule has 1 unspecified atom stereocenters. The topological polar surface area (TPSA) is 41.0 Å². The lowest BCUT2D eigenvalue weighted by molar-refractivity contribution is 0.447. The van der Waals surface area contributed by atoms with Crippen molar-refractivity contribution in [2.45, 2.75) is 18.9 Å². The van der Waals surface area contributed by atoms with Gasteiger partial charge < -0.3 is 10.2 Å². The highest BCUT2D eigenvalue weighted by molar-refractivity contribution is 9.10. The third-order valence-electron chi connectivity index (χ3n) is 2.78. The van der Waals surface area contributed by atoms with E-state index in [0.29, 0.717) is 6.04 Å². The molecule has 1 fully saturated rings. The summed E-state index contributed by atoms with van der Waals surface area (Å²) in [6.07, 6.45) is 5.85. The summed E-state index contributed by atoms with van der Waals surface area (Å²) in [5, 5.41) is 3.32. The Morgan fingerprint density at radius 1 is 1.60 bits per heavy atom. The lowest BCUT2D eigenvalue weighted by Gasteiger charge is -2.33. The van der Waals surface area contributed by atoms with Gasteiger partial charge in [0.05, 0.1) is 4.47 Å². The van der Waals surface area contributed by atoms with Crippen LogP contribution >= 0.6 is 15.9 Å². The van der Waals surface area contributed by atoms with Crippen molar-refractivity contribution in [2.75, 3.05) is 25.0 Å². The van der Waals surface area contributed by atoms with Crippen LogP contribution in [0.3, 0.4) is 0 Å². The van der Waals surface area contributed by atoms with E-state index >= 15 is 0 Å². The van der Waals surface area contributed by atoms with Gasteiger partial charge in [0.15, 0.2) is 0 Å². The zero-order valence-electron chi connectivity index (χ0n) is 8.78. The van der Waals surface area contributed by atoms with E-state index in [2.05, 4.69) is 36.1 Å². The third-order valence-corrected chi connectivity index (χ3v) is 3.34. The van der Waals surface area contributed by atoms with Crippen molar-refractivity contribution in [2.24, 2.45) is 0 Å². The Balaban J connectivity index is 2.13. The number of rotatable bonds is 2. The van der Waals surface area contributed by atoms with E-state index in [1.807, 2.05) is 7.05 Å². The van der Waals surface area contributed by atoms with Crippen LogP contribution in [0.4, 0.5) is 5.82 Å². The summed E-state index contributed by atoms with van der Waals surface area (Å²) in [6.45, 7) is 2.10. The van der Waals surface area contributed by atoms with Crippen LogP contribution in [0.25, 0.3) is 0 Å². The Bertz CT molecular complexity index is 331. The monoisotopic (exact) mass is 270 g/mol. The van der Waals surface area contributed by atoms with E-state index in [0.717, 1.165) is 23.4 Å². The maximum Gasteiger partial charge on any atom is 0.146 e. The summed E-state index contributed by atoms with van der Waals surface area (Å²) in [5.74, 6) is 1.00. The second-order valence-electron chi connectivity index (χ2n) is 3.77. The zero-order valence-corrected chi connectivity index (χ0v) is 10.4. The SMILES string of the molecule is CNC1CCCN(c2ncncc2Br)C1. The highest BCUT2D eigenvalue weighted by Gasteiger charge is 2.20. The van der Waals surface area contributed by atoms with E-state index < -0.39 is 0 Å². The van der Waals surface area contributed by atoms with Crippen LogP contribution in [0, 0.1) is 0 Å². The first-order valence-electron chi connectivity index (χ1n) is 5.19. The number of nitrogens with zero attached hydrogens (tertiary/aromatic N) is 3. The summed E-state index contributed by atoms with van der Waals surface area (Å²) in [6, 6.07) is 0.570. The average Bonchev–Trinajstić information content (AvgIpc) is 2.30. The molecular formula is C10H15BrN4. The fraction of sp³-hybridized carbons (Fsp3) is 0.600. The van der Waals surface area contributed by atoms with Gasteiger partial charge in [0.25, 0.3) is 0 Å². The quantitative estimate of drug-likeness (QED) is 0.883. The van der Waals surface area contributed by atoms with Crippen LogP contribution in [-0.4, -0.2) is 36.1 Å². The number of halogens is 1. The average molecular weight is 271 g/mol. The molecule has 0 bridgehead atoms. The Kier molecular flexibility index (Phi) is 3.53. The molecule has 15 heavy (non-hydrogen) atoms. The molecule has 0 aromatic carbocycles. The number of hydrogen-bond acceptors (Lipinski definition) is 4. The molecule has 1 N–H and O–H groups in total. The van der Waals surface area contributed by atoms with Crippen LogP contribution in [0.2, 0.25) is 0 Å². The fourth-order valence-electron chi connectivity index (χ4n) is 1.94. The standard InChI is InChI=1S/C10H15BrN4/c1-12-8-3-2-4-15(6-8)10-9(11)5-13-7-14-10/h5,7-8,12H,2-4,6H2,1H3. The Morgan fingerprint density at radius 3 is 3.20 bits per heavy atom. The molecule has 82 valence electrons. The van der Waals surface area contributed by atoms with Gasteiger partial charge >= 0.3 is 0 Å². The third kappa shape index (κ3) is 2.46. The molecule has 0 aliphatic carbocycles. The largest absolute Gasteiger partial charge is 0.354 e. The van der Waals surface area contributed by atoms with Gasteiger partial charge in [-0.2, -0.15) is 0 Å². The smallest absolute Gasteiger partial charge is 0.146 e. The molecule has 1 aliphatic heterocycles. The molecule has 1 saturated heterocycles. The van der Waals surface area contributed by atoms with Crippen LogP contribution in [0.5, 0.6) is 0 Å². The summed E-state index contributed by atoms with van der Waals surface area (Å²) in [5.41, 5.74) is 0. The normalized spacial score (nSPS) is 21.7. The molecule has 1 aromatic rings. The molecule has 0 saturated carbocycles. The number of likely N-dealkylation sites (N-methyl/N-ethyl adjacent to an activating group) is 1. The van der Waals surface area contributed by atoms with Gasteiger partial charge in [0.1, 0.15) is 12.1 Å². The lowest BCUT2D eigenvalue weighted by Crippen LogP contribution is -2.44. The van der Waals surface area contributed by atoms with Gasteiger partial charge in [-0.25, -0.2) is 9.97 Å². The first kappa shape index (κ1) is 10.8. The fourth-order valence-corrected chi connectivity index (χ4v) is 2.42. The first-order chi connectivity index (χ1) is 7.31. The molecule has 1 aliphatic rings. The molecule has 2 heterocycles. The van der Waals surface area contributed by atoms with E-state index in [1.165, 1.54) is 12.8 Å². The van der Waals surface area contributed by atoms with Gasteiger partial charge in [0, 0.05) is 25.3 Å². The van der Waals surface area contributed by atoms with E-state index in [-0.39, 0.29) is 0 Å². The number of piperidine rings is 1. The maximum atomic E-state index is 4.31. The predicted octanol–water partition coefficient (Wildman–Crippen LogP) is 1.43. The van der Waals surface area contributed by atoms with Crippen molar-refractivity contribution in [3.63, 3.8) is 0 Å². The maximum absolute atomic E-state index is 4.31. The van der Waals surface area contributed by atoms with E-state index in [4.69, 9.17) is 0 Å². The highest BCUT2D eigenvalue weighted by Crippen LogP contribution is 2.24. The molecular weight excluding hydrogens is 256 g/mol. The Labute approximate surface area is 98.2 Å². The van der Waals surface area contributed by atoms with Gasteiger partial charge in [-0.3, -0.25) is 0 Å². The first-order valence-corrected chi connectivity index (χ1v) is 5.98.